The van der Waals surface area contributed by atoms with E-state index in [4.69, 9.17) is 19.9 Å². The number of carbonyl (C=O) groups excluding carboxylic acids is 1. The monoisotopic (exact) mass is 494 g/mol. The number of hydrogen-bond acceptors (Lipinski definition) is 8. The first-order valence-corrected chi connectivity index (χ1v) is 12.0. The molecule has 10 heteroatoms. The van der Waals surface area contributed by atoms with E-state index in [0.717, 1.165) is 35.2 Å². The average Bonchev–Trinajstić information content (AvgIpc) is 3.23. The number of likely N-dealkylation sites (tertiary alicyclic amines) is 1. The number of para-hydroxylation sites is 1. The normalized spacial score (nSPS) is 14.6. The molecule has 0 spiro atoms. The number of amides is 1. The lowest BCUT2D eigenvalue weighted by molar-refractivity contribution is 0.0184. The van der Waals surface area contributed by atoms with Gasteiger partial charge in [0.25, 0.3) is 0 Å². The highest BCUT2D eigenvalue weighted by molar-refractivity contribution is 5.80. The molecule has 10 nitrogen and oxygen atoms in total. The predicted molar refractivity (Wildman–Crippen MR) is 136 cm³/mol. The molecule has 2 aromatic heterocycles. The molecule has 0 atom stereocenters. The summed E-state index contributed by atoms with van der Waals surface area (Å²) < 4.78 is 18.3. The molecule has 0 bridgehead atoms. The summed E-state index contributed by atoms with van der Waals surface area (Å²) in [4.78, 5) is 14.2. The highest BCUT2D eigenvalue weighted by Crippen LogP contribution is 2.35. The van der Waals surface area contributed by atoms with Crippen LogP contribution in [0.25, 0.3) is 22.4 Å². The van der Waals surface area contributed by atoms with Crippen LogP contribution in [0.5, 0.6) is 5.75 Å². The molecule has 3 aromatic rings. The van der Waals surface area contributed by atoms with Crippen LogP contribution in [0.15, 0.2) is 36.5 Å². The van der Waals surface area contributed by atoms with Gasteiger partial charge >= 0.3 is 6.09 Å². The van der Waals surface area contributed by atoms with Crippen molar-refractivity contribution in [1.82, 2.24) is 24.9 Å². The Morgan fingerprint density at radius 3 is 2.53 bits per heavy atom. The van der Waals surface area contributed by atoms with Gasteiger partial charge in [-0.2, -0.15) is 5.10 Å². The Labute approximate surface area is 211 Å². The van der Waals surface area contributed by atoms with Gasteiger partial charge in [-0.25, -0.2) is 4.79 Å². The summed E-state index contributed by atoms with van der Waals surface area (Å²) in [5.74, 6) is 0.977. The second-order valence-electron chi connectivity index (χ2n) is 9.86. The molecule has 2 N–H and O–H groups in total. The van der Waals surface area contributed by atoms with E-state index in [1.807, 2.05) is 68.9 Å². The molecule has 1 fully saturated rings. The zero-order chi connectivity index (χ0) is 25.9. The van der Waals surface area contributed by atoms with E-state index in [2.05, 4.69) is 15.3 Å². The number of nitrogens with zero attached hydrogens (tertiary/aromatic N) is 5. The third kappa shape index (κ3) is 5.59. The quantitative estimate of drug-likeness (QED) is 0.499. The fourth-order valence-electron chi connectivity index (χ4n) is 4.35. The van der Waals surface area contributed by atoms with E-state index < -0.39 is 5.60 Å². The van der Waals surface area contributed by atoms with Crippen molar-refractivity contribution >= 4 is 11.9 Å². The molecule has 3 heterocycles. The fraction of sp³-hybridized carbons (Fsp3) is 0.462. The number of ether oxygens (including phenoxy) is 3. The van der Waals surface area contributed by atoms with Gasteiger partial charge in [-0.3, -0.25) is 4.68 Å². The van der Waals surface area contributed by atoms with Crippen molar-refractivity contribution in [1.29, 1.82) is 0 Å². The molecule has 192 valence electrons. The summed E-state index contributed by atoms with van der Waals surface area (Å²) in [5.41, 5.74) is 9.83. The second-order valence-corrected chi connectivity index (χ2v) is 9.86. The highest BCUT2D eigenvalue weighted by atomic mass is 16.7. The minimum atomic E-state index is -0.505. The number of nitrogens with two attached hydrogens (primary N) is 1. The average molecular weight is 495 g/mol. The van der Waals surface area contributed by atoms with Crippen LogP contribution < -0.4 is 10.5 Å². The molecule has 0 saturated carbocycles. The van der Waals surface area contributed by atoms with Gasteiger partial charge < -0.3 is 24.8 Å². The van der Waals surface area contributed by atoms with Crippen molar-refractivity contribution in [3.05, 3.63) is 42.2 Å². The molecule has 1 aromatic carbocycles. The van der Waals surface area contributed by atoms with Crippen molar-refractivity contribution in [2.24, 2.45) is 0 Å². The van der Waals surface area contributed by atoms with E-state index in [9.17, 15) is 4.79 Å². The Morgan fingerprint density at radius 1 is 1.11 bits per heavy atom. The summed E-state index contributed by atoms with van der Waals surface area (Å²) >= 11 is 0. The van der Waals surface area contributed by atoms with Crippen LogP contribution in [-0.2, 0) is 9.47 Å². The van der Waals surface area contributed by atoms with Gasteiger partial charge in [0, 0.05) is 42.6 Å². The third-order valence-electron chi connectivity index (χ3n) is 6.11. The van der Waals surface area contributed by atoms with Gasteiger partial charge in [0.15, 0.2) is 12.6 Å². The van der Waals surface area contributed by atoms with Crippen LogP contribution >= 0.6 is 0 Å². The van der Waals surface area contributed by atoms with Crippen molar-refractivity contribution in [2.45, 2.75) is 52.2 Å². The standard InChI is InChI=1S/C26H34N6O4/c1-17-21(15-28-32(17)18-10-12-31(13-11-18)25(33)36-26(2,3)4)20-14-22(29-30-24(20)27)19-8-6-7-9-23(19)35-16-34-5/h6-9,14-15,18H,10-13,16H2,1-5H3,(H2,27,30). The van der Waals surface area contributed by atoms with Crippen LogP contribution in [0, 0.1) is 6.92 Å². The molecule has 0 radical (unpaired) electrons. The Kier molecular flexibility index (Phi) is 7.44. The van der Waals surface area contributed by atoms with Crippen LogP contribution in [-0.4, -0.2) is 63.6 Å². The van der Waals surface area contributed by atoms with Crippen LogP contribution in [0.1, 0.15) is 45.3 Å². The Morgan fingerprint density at radius 2 is 1.83 bits per heavy atom. The first-order chi connectivity index (χ1) is 17.2. The van der Waals surface area contributed by atoms with Crippen molar-refractivity contribution in [3.8, 4) is 28.1 Å². The summed E-state index contributed by atoms with van der Waals surface area (Å²) in [7, 11) is 1.57. The topological polar surface area (TPSA) is 118 Å². The van der Waals surface area contributed by atoms with Gasteiger partial charge in [-0.1, -0.05) is 12.1 Å². The number of nitrogen functional groups attached to an aromatic ring is 1. The molecule has 1 saturated heterocycles. The maximum absolute atomic E-state index is 12.4. The number of hydrogen-bond donors (Lipinski definition) is 1. The first-order valence-electron chi connectivity index (χ1n) is 12.0. The number of methoxy groups -OCH3 is 1. The lowest BCUT2D eigenvalue weighted by Crippen LogP contribution is -2.42. The highest BCUT2D eigenvalue weighted by Gasteiger charge is 2.29. The number of carbonyl (C=O) groups is 1. The molecule has 0 unspecified atom stereocenters. The molecular weight excluding hydrogens is 460 g/mol. The second kappa shape index (κ2) is 10.5. The van der Waals surface area contributed by atoms with Gasteiger partial charge in [0.1, 0.15) is 11.4 Å². The van der Waals surface area contributed by atoms with Crippen LogP contribution in [0.2, 0.25) is 0 Å². The predicted octanol–water partition coefficient (Wildman–Crippen LogP) is 4.45. The maximum atomic E-state index is 12.4. The SMILES string of the molecule is COCOc1ccccc1-c1cc(-c2cnn(C3CCN(C(=O)OC(C)(C)C)CC3)c2C)c(N)nn1. The van der Waals surface area contributed by atoms with E-state index >= 15 is 0 Å². The Balaban J connectivity index is 1.55. The summed E-state index contributed by atoms with van der Waals surface area (Å²) in [6.45, 7) is 9.03. The summed E-state index contributed by atoms with van der Waals surface area (Å²) in [6, 6.07) is 9.68. The summed E-state index contributed by atoms with van der Waals surface area (Å²) in [6.07, 6.45) is 3.14. The van der Waals surface area contributed by atoms with Crippen molar-refractivity contribution < 1.29 is 19.0 Å². The molecule has 1 aliphatic rings. The van der Waals surface area contributed by atoms with Gasteiger partial charge in [0.05, 0.1) is 17.9 Å². The van der Waals surface area contributed by atoms with Crippen molar-refractivity contribution in [3.63, 3.8) is 0 Å². The summed E-state index contributed by atoms with van der Waals surface area (Å²) in [5, 5.41) is 13.2. The van der Waals surface area contributed by atoms with E-state index in [1.54, 1.807) is 12.0 Å². The van der Waals surface area contributed by atoms with Gasteiger partial charge in [-0.15, -0.1) is 10.2 Å². The Bertz CT molecular complexity index is 1210. The van der Waals surface area contributed by atoms with Crippen LogP contribution in [0.3, 0.4) is 0 Å². The Hall–Kier alpha value is -3.66. The first kappa shape index (κ1) is 25.4. The molecule has 36 heavy (non-hydrogen) atoms. The van der Waals surface area contributed by atoms with Gasteiger partial charge in [-0.05, 0) is 58.7 Å². The number of aromatic nitrogens is 4. The van der Waals surface area contributed by atoms with Gasteiger partial charge in [0.2, 0.25) is 0 Å². The minimum Gasteiger partial charge on any atom is -0.467 e. The molecule has 1 aliphatic heterocycles. The van der Waals surface area contributed by atoms with E-state index in [0.29, 0.717) is 30.4 Å². The lowest BCUT2D eigenvalue weighted by atomic mass is 10.0. The van der Waals surface area contributed by atoms with E-state index in [-0.39, 0.29) is 18.9 Å². The number of benzene rings is 1. The minimum absolute atomic E-state index is 0.130. The fourth-order valence-corrected chi connectivity index (χ4v) is 4.35. The van der Waals surface area contributed by atoms with E-state index in [1.165, 1.54) is 0 Å². The zero-order valence-corrected chi connectivity index (χ0v) is 21.5. The molecule has 0 aliphatic carbocycles. The zero-order valence-electron chi connectivity index (χ0n) is 21.5. The third-order valence-corrected chi connectivity index (χ3v) is 6.11. The maximum Gasteiger partial charge on any atom is 0.410 e. The van der Waals surface area contributed by atoms with Crippen LogP contribution in [0.4, 0.5) is 10.6 Å². The largest absolute Gasteiger partial charge is 0.467 e. The number of anilines is 1. The number of rotatable bonds is 6. The number of piperidine rings is 1. The lowest BCUT2D eigenvalue weighted by Gasteiger charge is -2.33. The molecule has 1 amide bonds. The molecule has 4 rings (SSSR count). The molecular formula is C26H34N6O4. The smallest absolute Gasteiger partial charge is 0.410 e. The van der Waals surface area contributed by atoms with Crippen molar-refractivity contribution in [2.75, 3.05) is 32.7 Å².